The lowest BCUT2D eigenvalue weighted by Crippen LogP contribution is -2.52. The first-order chi connectivity index (χ1) is 20.4. The van der Waals surface area contributed by atoms with Crippen molar-refractivity contribution in [3.05, 3.63) is 62.4 Å². The predicted octanol–water partition coefficient (Wildman–Crippen LogP) is 3.39. The minimum absolute atomic E-state index is 0.115. The number of carbonyl (C=O) groups excluding carboxylic acids is 2. The Bertz CT molecular complexity index is 1820. The molecule has 3 aromatic heterocycles. The summed E-state index contributed by atoms with van der Waals surface area (Å²) in [6, 6.07) is 4.76. The number of likely N-dealkylation sites (N-methyl/N-ethyl adjacent to an activating group) is 1. The van der Waals surface area contributed by atoms with Crippen molar-refractivity contribution < 1.29 is 14.7 Å². The molecule has 0 saturated carbocycles. The van der Waals surface area contributed by atoms with Gasteiger partial charge in [-0.3, -0.25) is 23.9 Å². The summed E-state index contributed by atoms with van der Waals surface area (Å²) < 4.78 is 2.92. The number of amides is 2. The first-order valence-electron chi connectivity index (χ1n) is 13.7. The number of fused-ring (bicyclic) bond motifs is 1. The first-order valence-corrected chi connectivity index (χ1v) is 14.5. The molecule has 1 atom stereocenters. The number of primary amides is 1. The summed E-state index contributed by atoms with van der Waals surface area (Å²) in [5, 5.41) is 13.5. The van der Waals surface area contributed by atoms with E-state index < -0.39 is 17.6 Å². The van der Waals surface area contributed by atoms with E-state index >= 15 is 0 Å². The number of halogens is 2. The molecule has 5 rings (SSSR count). The molecule has 0 unspecified atom stereocenters. The fourth-order valence-corrected chi connectivity index (χ4v) is 5.76. The predicted molar refractivity (Wildman–Crippen MR) is 167 cm³/mol. The number of hydrogen-bond acceptors (Lipinski definition) is 8. The quantitative estimate of drug-likeness (QED) is 0.282. The van der Waals surface area contributed by atoms with E-state index in [-0.39, 0.29) is 44.8 Å². The number of nitrogens with one attached hydrogen (secondary N) is 1. The van der Waals surface area contributed by atoms with E-state index in [0.717, 1.165) is 26.2 Å². The average Bonchev–Trinajstić information content (AvgIpc) is 3.31. The van der Waals surface area contributed by atoms with Gasteiger partial charge in [0.15, 0.2) is 0 Å². The van der Waals surface area contributed by atoms with Crippen LogP contribution in [0.15, 0.2) is 35.4 Å². The normalized spacial score (nSPS) is 15.7. The molecular weight excluding hydrogens is 595 g/mol. The smallest absolute Gasteiger partial charge is 0.263 e. The van der Waals surface area contributed by atoms with E-state index in [0.29, 0.717) is 28.5 Å². The summed E-state index contributed by atoms with van der Waals surface area (Å²) in [6.07, 6.45) is 3.11. The number of phenols is 1. The molecule has 0 bridgehead atoms. The van der Waals surface area contributed by atoms with Gasteiger partial charge < -0.3 is 25.6 Å². The Hall–Kier alpha value is -4.13. The molecule has 4 heterocycles. The zero-order chi connectivity index (χ0) is 31.2. The number of carbonyl (C=O) groups is 2. The van der Waals surface area contributed by atoms with Gasteiger partial charge in [-0.25, -0.2) is 9.97 Å². The average molecular weight is 628 g/mol. The molecule has 0 spiro atoms. The summed E-state index contributed by atoms with van der Waals surface area (Å²) in [6.45, 7) is 9.35. The van der Waals surface area contributed by atoms with Crippen LogP contribution >= 0.6 is 23.2 Å². The van der Waals surface area contributed by atoms with Gasteiger partial charge in [-0.15, -0.1) is 0 Å². The third-order valence-corrected chi connectivity index (χ3v) is 8.43. The summed E-state index contributed by atoms with van der Waals surface area (Å²) in [5.41, 5.74) is 6.27. The monoisotopic (exact) mass is 626 g/mol. The lowest BCUT2D eigenvalue weighted by Gasteiger charge is -2.40. The SMILES string of the molecule is CCN1CCN(c2cc(NC(=O)Cn3cc(-c4cc(Cl)c(O)c(C(N)=O)c4)c4c(=O)n(C)c(C)nc43)c(Cl)cn2)[C@@H](C)C1. The molecule has 14 heteroatoms. The second kappa shape index (κ2) is 11.9. The molecule has 12 nitrogen and oxygen atoms in total. The number of pyridine rings is 1. The van der Waals surface area contributed by atoms with Gasteiger partial charge >= 0.3 is 0 Å². The van der Waals surface area contributed by atoms with Crippen molar-refractivity contribution in [2.75, 3.05) is 36.4 Å². The van der Waals surface area contributed by atoms with E-state index in [4.69, 9.17) is 28.9 Å². The number of nitrogens with zero attached hydrogens (tertiary/aromatic N) is 6. The zero-order valence-electron chi connectivity index (χ0n) is 24.2. The van der Waals surface area contributed by atoms with Crippen LogP contribution in [0.2, 0.25) is 10.0 Å². The maximum absolute atomic E-state index is 13.4. The fraction of sp³-hybridized carbons (Fsp3) is 0.345. The molecule has 4 aromatic rings. The number of aromatic nitrogens is 4. The van der Waals surface area contributed by atoms with Gasteiger partial charge in [-0.05, 0) is 38.1 Å². The highest BCUT2D eigenvalue weighted by Gasteiger charge is 2.25. The molecule has 1 aromatic carbocycles. The van der Waals surface area contributed by atoms with Gasteiger partial charge in [-0.2, -0.15) is 0 Å². The molecule has 43 heavy (non-hydrogen) atoms. The van der Waals surface area contributed by atoms with Crippen LogP contribution in [0.1, 0.15) is 30.0 Å². The highest BCUT2D eigenvalue weighted by molar-refractivity contribution is 6.34. The fourth-order valence-electron chi connectivity index (χ4n) is 5.39. The molecule has 1 fully saturated rings. The van der Waals surface area contributed by atoms with Gasteiger partial charge in [-0.1, -0.05) is 30.1 Å². The number of benzene rings is 1. The second-order valence-corrected chi connectivity index (χ2v) is 11.4. The Balaban J connectivity index is 1.50. The van der Waals surface area contributed by atoms with Gasteiger partial charge in [0.2, 0.25) is 5.91 Å². The summed E-state index contributed by atoms with van der Waals surface area (Å²) in [4.78, 5) is 52.4. The van der Waals surface area contributed by atoms with Crippen molar-refractivity contribution in [1.29, 1.82) is 0 Å². The molecular formula is C29H32Cl2N8O4. The maximum Gasteiger partial charge on any atom is 0.263 e. The van der Waals surface area contributed by atoms with Crippen molar-refractivity contribution in [2.45, 2.75) is 33.4 Å². The largest absolute Gasteiger partial charge is 0.506 e. The number of piperazine rings is 1. The van der Waals surface area contributed by atoms with E-state index in [1.165, 1.54) is 22.9 Å². The molecule has 226 valence electrons. The van der Waals surface area contributed by atoms with E-state index in [1.807, 2.05) is 0 Å². The van der Waals surface area contributed by atoms with Crippen LogP contribution in [-0.2, 0) is 18.4 Å². The molecule has 1 aliphatic heterocycles. The van der Waals surface area contributed by atoms with Crippen molar-refractivity contribution in [1.82, 2.24) is 24.0 Å². The number of rotatable bonds is 7. The highest BCUT2D eigenvalue weighted by Crippen LogP contribution is 2.36. The molecule has 0 aliphatic carbocycles. The molecule has 1 saturated heterocycles. The first kappa shape index (κ1) is 30.3. The number of nitrogens with two attached hydrogens (primary N) is 1. The number of hydrogen-bond donors (Lipinski definition) is 3. The standard InChI is InChI=1S/C29H32Cl2N8O4/c1-5-37-6-7-39(15(2)12-37)23-10-22(21(31)11-33-23)35-24(40)14-38-13-19(25-28(38)34-16(3)36(4)29(25)43)17-8-18(27(32)42)26(41)20(30)9-17/h8-11,13,15,41H,5-7,12,14H2,1-4H3,(H2,32,42)(H,33,35,40)/t15-/m0/s1. The second-order valence-electron chi connectivity index (χ2n) is 10.6. The number of anilines is 2. The van der Waals surface area contributed by atoms with Gasteiger partial charge in [0.05, 0.1) is 32.9 Å². The Kier molecular flexibility index (Phi) is 8.37. The van der Waals surface area contributed by atoms with Crippen molar-refractivity contribution in [3.63, 3.8) is 0 Å². The van der Waals surface area contributed by atoms with Crippen LogP contribution in [0.3, 0.4) is 0 Å². The Labute approximate surface area is 257 Å². The third-order valence-electron chi connectivity index (χ3n) is 7.84. The number of aryl methyl sites for hydroxylation is 1. The van der Waals surface area contributed by atoms with E-state index in [2.05, 4.69) is 38.9 Å². The van der Waals surface area contributed by atoms with Crippen LogP contribution in [0.25, 0.3) is 22.2 Å². The van der Waals surface area contributed by atoms with Crippen LogP contribution in [0, 0.1) is 6.92 Å². The highest BCUT2D eigenvalue weighted by atomic mass is 35.5. The topological polar surface area (TPSA) is 152 Å². The van der Waals surface area contributed by atoms with E-state index in [1.54, 1.807) is 30.8 Å². The van der Waals surface area contributed by atoms with Gasteiger partial charge in [0.1, 0.15) is 29.6 Å². The maximum atomic E-state index is 13.4. The summed E-state index contributed by atoms with van der Waals surface area (Å²) >= 11 is 12.6. The summed E-state index contributed by atoms with van der Waals surface area (Å²) in [7, 11) is 1.59. The van der Waals surface area contributed by atoms with Gasteiger partial charge in [0.25, 0.3) is 11.5 Å². The molecule has 2 amide bonds. The molecule has 1 aliphatic rings. The Morgan fingerprint density at radius 1 is 1.19 bits per heavy atom. The van der Waals surface area contributed by atoms with Crippen molar-refractivity contribution in [2.24, 2.45) is 12.8 Å². The minimum atomic E-state index is -0.888. The number of aromatic hydroxyl groups is 1. The van der Waals surface area contributed by atoms with Crippen LogP contribution in [0.4, 0.5) is 11.5 Å². The van der Waals surface area contributed by atoms with Crippen LogP contribution in [0.5, 0.6) is 5.75 Å². The zero-order valence-corrected chi connectivity index (χ0v) is 25.7. The van der Waals surface area contributed by atoms with Crippen LogP contribution < -0.4 is 21.5 Å². The van der Waals surface area contributed by atoms with Gasteiger partial charge in [0, 0.05) is 50.6 Å². The lowest BCUT2D eigenvalue weighted by molar-refractivity contribution is -0.116. The Morgan fingerprint density at radius 2 is 1.93 bits per heavy atom. The van der Waals surface area contributed by atoms with Crippen LogP contribution in [-0.4, -0.2) is 73.1 Å². The van der Waals surface area contributed by atoms with E-state index in [9.17, 15) is 19.5 Å². The molecule has 0 radical (unpaired) electrons. The van der Waals surface area contributed by atoms with Crippen molar-refractivity contribution in [3.8, 4) is 16.9 Å². The Morgan fingerprint density at radius 3 is 2.60 bits per heavy atom. The lowest BCUT2D eigenvalue weighted by atomic mass is 10.0. The van der Waals surface area contributed by atoms with Crippen molar-refractivity contribution >= 4 is 57.6 Å². The molecule has 4 N–H and O–H groups in total. The third kappa shape index (κ3) is 5.77. The summed E-state index contributed by atoms with van der Waals surface area (Å²) in [5.74, 6) is -0.607. The minimum Gasteiger partial charge on any atom is -0.506 e.